The van der Waals surface area contributed by atoms with E-state index in [2.05, 4.69) is 273 Å². The molecule has 11 aromatic carbocycles. The highest BCUT2D eigenvalue weighted by Crippen LogP contribution is 2.66. The number of hydrogen-bond donors (Lipinski definition) is 0. The summed E-state index contributed by atoms with van der Waals surface area (Å²) < 4.78 is 0. The monoisotopic (exact) mass is 1260 g/mol. The maximum atomic E-state index is 11.1. The summed E-state index contributed by atoms with van der Waals surface area (Å²) in [4.78, 5) is 0. The van der Waals surface area contributed by atoms with Gasteiger partial charge in [0.1, 0.15) is 12.1 Å². The molecule has 0 saturated heterocycles. The molecule has 4 atom stereocenters. The van der Waals surface area contributed by atoms with Crippen molar-refractivity contribution in [1.82, 2.24) is 0 Å². The van der Waals surface area contributed by atoms with Gasteiger partial charge in [-0.1, -0.05) is 219 Å². The summed E-state index contributed by atoms with van der Waals surface area (Å²) in [6.45, 7) is 0. The number of rotatable bonds is 10. The van der Waals surface area contributed by atoms with Gasteiger partial charge in [-0.15, -0.1) is 0 Å². The Morgan fingerprint density at radius 2 is 1.02 bits per heavy atom. The third-order valence-corrected chi connectivity index (χ3v) is 22.3. The van der Waals surface area contributed by atoms with Crippen LogP contribution in [-0.4, -0.2) is 0 Å². The zero-order valence-corrected chi connectivity index (χ0v) is 54.9. The summed E-state index contributed by atoms with van der Waals surface area (Å²) in [6.07, 6.45) is 36.1. The van der Waals surface area contributed by atoms with Crippen LogP contribution in [0.1, 0.15) is 147 Å². The predicted octanol–water partition coefficient (Wildman–Crippen LogP) is 24.0. The molecule has 0 aliphatic heterocycles. The van der Waals surface area contributed by atoms with E-state index in [0.717, 1.165) is 125 Å². The van der Waals surface area contributed by atoms with E-state index in [-0.39, 0.29) is 5.92 Å². The number of fused-ring (bicyclic) bond motifs is 12. The molecular formula is C95H66N4. The van der Waals surface area contributed by atoms with Crippen molar-refractivity contribution in [2.24, 2.45) is 5.92 Å². The molecule has 0 radical (unpaired) electrons. The minimum atomic E-state index is 0.235. The lowest BCUT2D eigenvalue weighted by atomic mass is 9.80. The molecule has 1 fully saturated rings. The summed E-state index contributed by atoms with van der Waals surface area (Å²) in [5.74, 6) is 1.33. The number of benzene rings is 11. The molecule has 0 heterocycles. The molecule has 0 spiro atoms. The van der Waals surface area contributed by atoms with Gasteiger partial charge in [0.15, 0.2) is 0 Å². The molecule has 466 valence electrons. The summed E-state index contributed by atoms with van der Waals surface area (Å²) >= 11 is 0. The highest BCUT2D eigenvalue weighted by atomic mass is 14.6. The minimum Gasteiger partial charge on any atom is -0.192 e. The summed E-state index contributed by atoms with van der Waals surface area (Å²) in [5, 5.41) is 50.2. The first-order chi connectivity index (χ1) is 48.9. The first-order valence-electron chi connectivity index (χ1n) is 35.0. The smallest absolute Gasteiger partial charge is 0.100 e. The Labute approximate surface area is 578 Å². The van der Waals surface area contributed by atoms with Crippen molar-refractivity contribution in [2.45, 2.75) is 75.5 Å². The summed E-state index contributed by atoms with van der Waals surface area (Å²) in [7, 11) is 0. The van der Waals surface area contributed by atoms with E-state index in [1.807, 2.05) is 18.2 Å². The van der Waals surface area contributed by atoms with Gasteiger partial charge in [0, 0.05) is 22.6 Å². The van der Waals surface area contributed by atoms with Crippen molar-refractivity contribution >= 4 is 66.8 Å². The Morgan fingerprint density at radius 3 is 1.85 bits per heavy atom. The third-order valence-electron chi connectivity index (χ3n) is 22.3. The molecule has 7 aliphatic carbocycles. The van der Waals surface area contributed by atoms with Gasteiger partial charge in [0.05, 0.1) is 34.4 Å². The van der Waals surface area contributed by atoms with Crippen molar-refractivity contribution in [3.8, 4) is 68.8 Å². The van der Waals surface area contributed by atoms with E-state index in [1.54, 1.807) is 0 Å². The molecule has 0 bridgehead atoms. The summed E-state index contributed by atoms with van der Waals surface area (Å²) in [6, 6.07) is 79.7. The van der Waals surface area contributed by atoms with Crippen LogP contribution in [0.4, 0.5) is 0 Å². The van der Waals surface area contributed by atoms with Gasteiger partial charge in [-0.2, -0.15) is 21.0 Å². The van der Waals surface area contributed by atoms with Crippen molar-refractivity contribution in [3.05, 3.63) is 344 Å². The molecule has 4 nitrogen and oxygen atoms in total. The third kappa shape index (κ3) is 10.4. The van der Waals surface area contributed by atoms with Gasteiger partial charge in [0.25, 0.3) is 0 Å². The zero-order chi connectivity index (χ0) is 66.2. The van der Waals surface area contributed by atoms with E-state index in [0.29, 0.717) is 40.0 Å². The van der Waals surface area contributed by atoms with Crippen LogP contribution < -0.4 is 0 Å². The second-order valence-electron chi connectivity index (χ2n) is 27.7. The SMILES string of the molecule is N#Cc1cc(C2=CC=C(c3cccc(C4C5C=Cc6c(c7ccccc7c7cc(-c8cccc(C9=CCCC(c%10cc(C#N)cc(C%11C=C%12CCC=CC%12=CC%11)c%10)=C9)c8C#N)ccc67)C54)c3)CC2)cc(-c2cccc(-c3cccc(-c4cc5ccccc5c5c4CCC=C5)c3C#N)c2)c1. The first kappa shape index (κ1) is 59.3. The van der Waals surface area contributed by atoms with Gasteiger partial charge in [-0.25, -0.2) is 0 Å². The van der Waals surface area contributed by atoms with Crippen molar-refractivity contribution in [1.29, 1.82) is 21.0 Å². The molecule has 1 saturated carbocycles. The fourth-order valence-electron chi connectivity index (χ4n) is 17.5. The van der Waals surface area contributed by atoms with E-state index >= 15 is 0 Å². The normalized spacial score (nSPS) is 18.5. The molecule has 7 aliphatic rings. The topological polar surface area (TPSA) is 95.2 Å². The fraction of sp³-hybridized carbons (Fsp3) is 0.137. The highest BCUT2D eigenvalue weighted by Gasteiger charge is 2.53. The van der Waals surface area contributed by atoms with Crippen LogP contribution in [-0.2, 0) is 6.42 Å². The average Bonchev–Trinajstić information content (AvgIpc) is 1.55. The number of nitriles is 4. The number of nitrogens with zero attached hydrogens (tertiary/aromatic N) is 4. The number of hydrogen-bond acceptors (Lipinski definition) is 4. The van der Waals surface area contributed by atoms with Crippen LogP contribution >= 0.6 is 0 Å². The average molecular weight is 1260 g/mol. The molecule has 0 N–H and O–H groups in total. The van der Waals surface area contributed by atoms with Crippen LogP contribution in [0.25, 0.3) is 111 Å². The molecule has 18 rings (SSSR count). The second-order valence-corrected chi connectivity index (χ2v) is 27.7. The van der Waals surface area contributed by atoms with E-state index in [1.165, 1.54) is 99.1 Å². The van der Waals surface area contributed by atoms with Crippen LogP contribution in [0, 0.1) is 51.2 Å². The Kier molecular flexibility index (Phi) is 14.7. The van der Waals surface area contributed by atoms with E-state index < -0.39 is 0 Å². The lowest BCUT2D eigenvalue weighted by Crippen LogP contribution is -2.06. The van der Waals surface area contributed by atoms with Gasteiger partial charge in [-0.05, 0) is 273 Å². The Hall–Kier alpha value is -12.2. The van der Waals surface area contributed by atoms with Crippen molar-refractivity contribution in [2.75, 3.05) is 0 Å². The zero-order valence-electron chi connectivity index (χ0n) is 54.9. The first-order valence-corrected chi connectivity index (χ1v) is 35.0. The van der Waals surface area contributed by atoms with Gasteiger partial charge in [-0.3, -0.25) is 0 Å². The molecule has 0 aromatic heterocycles. The van der Waals surface area contributed by atoms with Crippen molar-refractivity contribution in [3.63, 3.8) is 0 Å². The molecule has 4 unspecified atom stereocenters. The van der Waals surface area contributed by atoms with Crippen LogP contribution in [0.5, 0.6) is 0 Å². The maximum Gasteiger partial charge on any atom is 0.100 e. The largest absolute Gasteiger partial charge is 0.192 e. The van der Waals surface area contributed by atoms with E-state index in [9.17, 15) is 21.0 Å². The molecule has 11 aromatic rings. The van der Waals surface area contributed by atoms with Crippen LogP contribution in [0.3, 0.4) is 0 Å². The maximum absolute atomic E-state index is 11.1. The standard InChI is InChI=1S/C95H66N4/c96-54-58-42-73(50-74(43-58)65-18-10-21-69(48-65)79-30-13-31-84(92(79)57-99)89-52-70-16-3-4-23-77(70)81-24-5-6-25-82(81)89)62-34-32-61(33-35-62)64-17-11-22-72(49-64)93-88-41-40-87-85-39-38-71(53-90(85)83-26-7-8-27-86(83)94(87)95(88)93)80-29-12-28-78(91(80)56-98)68-20-9-19-66(47-68)75-44-59(55-97)45-76(51-75)67-37-36-60-14-1-2-15-63(60)46-67/h1,3-5,7-8,10-14,16-18,20-24,26-32,34,36,38-53,67,88,93,95H,2,6,9,15,19,25,33,35,37H2. The molecule has 0 amide bonds. The van der Waals surface area contributed by atoms with Crippen LogP contribution in [0.2, 0.25) is 0 Å². The number of allylic oxidation sites excluding steroid dienone is 16. The van der Waals surface area contributed by atoms with Gasteiger partial charge >= 0.3 is 0 Å². The van der Waals surface area contributed by atoms with Gasteiger partial charge < -0.3 is 0 Å². The second kappa shape index (κ2) is 24.5. The lowest BCUT2D eigenvalue weighted by molar-refractivity contribution is 0.808. The molecular weight excluding hydrogens is 1200 g/mol. The Balaban J connectivity index is 0.611. The molecule has 4 heteroatoms. The Morgan fingerprint density at radius 1 is 0.364 bits per heavy atom. The van der Waals surface area contributed by atoms with Gasteiger partial charge in [0.2, 0.25) is 0 Å². The quantitative estimate of drug-likeness (QED) is 0.127. The highest BCUT2D eigenvalue weighted by molar-refractivity contribution is 6.15. The predicted molar refractivity (Wildman–Crippen MR) is 407 cm³/mol. The molecule has 99 heavy (non-hydrogen) atoms. The minimum absolute atomic E-state index is 0.235. The Bertz CT molecular complexity index is 5850. The lowest BCUT2D eigenvalue weighted by Gasteiger charge is -2.24. The van der Waals surface area contributed by atoms with E-state index in [4.69, 9.17) is 0 Å². The fourth-order valence-corrected chi connectivity index (χ4v) is 17.5. The van der Waals surface area contributed by atoms with Crippen LogP contribution in [0.15, 0.2) is 266 Å². The summed E-state index contributed by atoms with van der Waals surface area (Å²) in [5.41, 5.74) is 30.1. The van der Waals surface area contributed by atoms with Crippen molar-refractivity contribution < 1.29 is 0 Å².